The summed E-state index contributed by atoms with van der Waals surface area (Å²) in [4.78, 5) is 0. The second-order valence-electron chi connectivity index (χ2n) is 4.27. The molecule has 1 unspecified atom stereocenters. The van der Waals surface area contributed by atoms with Crippen molar-refractivity contribution in [3.05, 3.63) is 0 Å². The van der Waals surface area contributed by atoms with Crippen LogP contribution in [0.25, 0.3) is 0 Å². The van der Waals surface area contributed by atoms with Crippen molar-refractivity contribution in [2.24, 2.45) is 0 Å². The minimum Gasteiger partial charge on any atom is -0.212 e. The van der Waals surface area contributed by atoms with Gasteiger partial charge in [-0.15, -0.1) is 0 Å². The van der Waals surface area contributed by atoms with Crippen molar-refractivity contribution in [1.82, 2.24) is 4.31 Å². The van der Waals surface area contributed by atoms with Crippen LogP contribution in [-0.4, -0.2) is 31.1 Å². The average Bonchev–Trinajstić information content (AvgIpc) is 2.26. The molecule has 5 heteroatoms. The number of hydrogen-bond donors (Lipinski definition) is 0. The maximum atomic E-state index is 12.0. The fourth-order valence-electron chi connectivity index (χ4n) is 2.24. The molecule has 0 aromatic rings. The highest BCUT2D eigenvalue weighted by molar-refractivity contribution is 7.89. The van der Waals surface area contributed by atoms with Crippen LogP contribution in [0.2, 0.25) is 0 Å². The van der Waals surface area contributed by atoms with Gasteiger partial charge in [-0.25, -0.2) is 8.42 Å². The minimum absolute atomic E-state index is 0.0601. The van der Waals surface area contributed by atoms with Gasteiger partial charge in [-0.2, -0.15) is 9.57 Å². The number of piperidine rings is 1. The first-order valence-electron chi connectivity index (χ1n) is 5.98. The monoisotopic (exact) mass is 244 g/mol. The quantitative estimate of drug-likeness (QED) is 0.742. The van der Waals surface area contributed by atoms with Gasteiger partial charge in [-0.05, 0) is 25.7 Å². The van der Waals surface area contributed by atoms with Crippen molar-refractivity contribution < 1.29 is 8.42 Å². The largest absolute Gasteiger partial charge is 0.214 e. The molecule has 1 saturated heterocycles. The first kappa shape index (κ1) is 13.5. The third-order valence-corrected chi connectivity index (χ3v) is 5.10. The fourth-order valence-corrected chi connectivity index (χ4v) is 4.06. The zero-order chi connectivity index (χ0) is 12.0. The Balaban J connectivity index is 2.70. The highest BCUT2D eigenvalue weighted by Crippen LogP contribution is 2.24. The number of nitrogens with zero attached hydrogens (tertiary/aromatic N) is 2. The molecule has 4 nitrogen and oxygen atoms in total. The summed E-state index contributed by atoms with van der Waals surface area (Å²) in [7, 11) is -3.09. The van der Waals surface area contributed by atoms with Gasteiger partial charge in [0.2, 0.25) is 10.0 Å². The molecule has 1 heterocycles. The molecule has 0 N–H and O–H groups in total. The van der Waals surface area contributed by atoms with Crippen LogP contribution in [0.15, 0.2) is 0 Å². The number of rotatable bonds is 5. The van der Waals surface area contributed by atoms with E-state index in [0.717, 1.165) is 19.3 Å². The van der Waals surface area contributed by atoms with Gasteiger partial charge in [-0.3, -0.25) is 0 Å². The molecular weight excluding hydrogens is 224 g/mol. The molecule has 1 fully saturated rings. The molecule has 0 saturated carbocycles. The van der Waals surface area contributed by atoms with Crippen molar-refractivity contribution in [2.75, 3.05) is 12.3 Å². The maximum Gasteiger partial charge on any atom is 0.214 e. The first-order chi connectivity index (χ1) is 7.61. The van der Waals surface area contributed by atoms with E-state index in [4.69, 9.17) is 5.26 Å². The summed E-state index contributed by atoms with van der Waals surface area (Å²) in [6.07, 6.45) is 4.72. The Labute approximate surface area is 98.3 Å². The zero-order valence-electron chi connectivity index (χ0n) is 9.85. The Morgan fingerprint density at radius 1 is 1.44 bits per heavy atom. The third-order valence-electron chi connectivity index (χ3n) is 2.98. The molecule has 0 aliphatic carbocycles. The number of hydrogen-bond acceptors (Lipinski definition) is 3. The van der Waals surface area contributed by atoms with Crippen LogP contribution in [0, 0.1) is 11.3 Å². The molecule has 0 amide bonds. The van der Waals surface area contributed by atoms with Gasteiger partial charge in [-0.1, -0.05) is 13.3 Å². The minimum atomic E-state index is -3.09. The van der Waals surface area contributed by atoms with Crippen LogP contribution in [-0.2, 0) is 10.0 Å². The van der Waals surface area contributed by atoms with Crippen LogP contribution >= 0.6 is 0 Å². The Kier molecular flexibility index (Phi) is 5.23. The third kappa shape index (κ3) is 3.46. The van der Waals surface area contributed by atoms with E-state index in [-0.39, 0.29) is 11.8 Å². The smallest absolute Gasteiger partial charge is 0.212 e. The second-order valence-corrected chi connectivity index (χ2v) is 6.31. The number of sulfonamides is 1. The topological polar surface area (TPSA) is 61.2 Å². The Morgan fingerprint density at radius 2 is 2.19 bits per heavy atom. The van der Waals surface area contributed by atoms with E-state index >= 15 is 0 Å². The van der Waals surface area contributed by atoms with Crippen molar-refractivity contribution in [1.29, 1.82) is 5.26 Å². The lowest BCUT2D eigenvalue weighted by Gasteiger charge is -2.34. The molecule has 0 radical (unpaired) electrons. The van der Waals surface area contributed by atoms with Crippen LogP contribution < -0.4 is 0 Å². The van der Waals surface area contributed by atoms with E-state index < -0.39 is 10.0 Å². The van der Waals surface area contributed by atoms with Gasteiger partial charge in [0.1, 0.15) is 0 Å². The van der Waals surface area contributed by atoms with Gasteiger partial charge in [0.05, 0.1) is 11.8 Å². The Hall–Kier alpha value is -0.600. The van der Waals surface area contributed by atoms with E-state index in [2.05, 4.69) is 6.07 Å². The van der Waals surface area contributed by atoms with Crippen molar-refractivity contribution in [3.8, 4) is 6.07 Å². The predicted molar refractivity (Wildman–Crippen MR) is 63.3 cm³/mol. The zero-order valence-corrected chi connectivity index (χ0v) is 10.7. The van der Waals surface area contributed by atoms with E-state index in [9.17, 15) is 8.42 Å². The van der Waals surface area contributed by atoms with Gasteiger partial charge < -0.3 is 0 Å². The van der Waals surface area contributed by atoms with Crippen LogP contribution in [0.4, 0.5) is 0 Å². The highest BCUT2D eigenvalue weighted by atomic mass is 32.2. The summed E-state index contributed by atoms with van der Waals surface area (Å²) < 4.78 is 25.6. The Morgan fingerprint density at radius 3 is 2.81 bits per heavy atom. The normalized spacial score (nSPS) is 22.9. The molecule has 0 aromatic carbocycles. The predicted octanol–water partition coefficient (Wildman–Crippen LogP) is 1.88. The summed E-state index contributed by atoms with van der Waals surface area (Å²) in [5.74, 6) is 0.232. The molecule has 1 aliphatic heterocycles. The lowest BCUT2D eigenvalue weighted by atomic mass is 10.0. The van der Waals surface area contributed by atoms with Crippen molar-refractivity contribution >= 4 is 10.0 Å². The molecule has 1 atom stereocenters. The highest BCUT2D eigenvalue weighted by Gasteiger charge is 2.30. The van der Waals surface area contributed by atoms with E-state index in [1.165, 1.54) is 0 Å². The average molecular weight is 244 g/mol. The second kappa shape index (κ2) is 6.21. The van der Waals surface area contributed by atoms with Gasteiger partial charge in [0.15, 0.2) is 0 Å². The van der Waals surface area contributed by atoms with Gasteiger partial charge in [0, 0.05) is 19.0 Å². The summed E-state index contributed by atoms with van der Waals surface area (Å²) >= 11 is 0. The van der Waals surface area contributed by atoms with E-state index in [1.54, 1.807) is 4.31 Å². The molecule has 0 aromatic heterocycles. The van der Waals surface area contributed by atoms with E-state index in [0.29, 0.717) is 25.8 Å². The summed E-state index contributed by atoms with van der Waals surface area (Å²) in [6.45, 7) is 2.52. The molecule has 92 valence electrons. The molecule has 16 heavy (non-hydrogen) atoms. The lowest BCUT2D eigenvalue weighted by molar-refractivity contribution is 0.242. The summed E-state index contributed by atoms with van der Waals surface area (Å²) in [6, 6.07) is 2.16. The molecule has 0 bridgehead atoms. The molecule has 0 spiro atoms. The Bertz CT molecular complexity index is 345. The first-order valence-corrected chi connectivity index (χ1v) is 7.59. The SMILES string of the molecule is CCCS(=O)(=O)N1CCCCC1CCC#N. The molecule has 1 aliphatic rings. The van der Waals surface area contributed by atoms with Crippen LogP contribution in [0.1, 0.15) is 45.4 Å². The van der Waals surface area contributed by atoms with Crippen molar-refractivity contribution in [2.45, 2.75) is 51.5 Å². The maximum absolute atomic E-state index is 12.0. The van der Waals surface area contributed by atoms with E-state index in [1.807, 2.05) is 6.92 Å². The van der Waals surface area contributed by atoms with Gasteiger partial charge >= 0.3 is 0 Å². The molecule has 1 rings (SSSR count). The standard InChI is InChI=1S/C11H20N2O2S/c1-2-10-16(14,15)13-9-4-3-6-11(13)7-5-8-12/h11H,2-7,9-10H2,1H3. The fraction of sp³-hybridized carbons (Fsp3) is 0.909. The van der Waals surface area contributed by atoms with Crippen molar-refractivity contribution in [3.63, 3.8) is 0 Å². The number of nitriles is 1. The summed E-state index contributed by atoms with van der Waals surface area (Å²) in [5.41, 5.74) is 0. The summed E-state index contributed by atoms with van der Waals surface area (Å²) in [5, 5.41) is 8.57. The molecular formula is C11H20N2O2S. The van der Waals surface area contributed by atoms with Gasteiger partial charge in [0.25, 0.3) is 0 Å². The van der Waals surface area contributed by atoms with Crippen LogP contribution in [0.3, 0.4) is 0 Å². The lowest BCUT2D eigenvalue weighted by Crippen LogP contribution is -2.44. The van der Waals surface area contributed by atoms with Crippen LogP contribution in [0.5, 0.6) is 0 Å².